The van der Waals surface area contributed by atoms with Gasteiger partial charge in [0.2, 0.25) is 5.91 Å². The first-order valence-electron chi connectivity index (χ1n) is 5.60. The largest absolute Gasteiger partial charge is 0.478 e. The van der Waals surface area contributed by atoms with Gasteiger partial charge in [0.25, 0.3) is 0 Å². The molecule has 1 rings (SSSR count). The Morgan fingerprint density at radius 2 is 2.11 bits per heavy atom. The number of rotatable bonds is 5. The van der Waals surface area contributed by atoms with Crippen molar-refractivity contribution in [3.05, 3.63) is 23.2 Å². The molecule has 0 saturated carbocycles. The van der Waals surface area contributed by atoms with Crippen LogP contribution in [0.2, 0.25) is 0 Å². The van der Waals surface area contributed by atoms with Crippen LogP contribution in [0.5, 0.6) is 0 Å². The minimum absolute atomic E-state index is 0.0447. The van der Waals surface area contributed by atoms with Gasteiger partial charge < -0.3 is 14.4 Å². The summed E-state index contributed by atoms with van der Waals surface area (Å²) in [7, 11) is 3.36. The molecule has 100 valence electrons. The van der Waals surface area contributed by atoms with Crippen LogP contribution in [0.3, 0.4) is 0 Å². The van der Waals surface area contributed by atoms with E-state index in [2.05, 4.69) is 5.32 Å². The Morgan fingerprint density at radius 1 is 1.50 bits per heavy atom. The Hall–Kier alpha value is -1.82. The van der Waals surface area contributed by atoms with E-state index < -0.39 is 5.97 Å². The van der Waals surface area contributed by atoms with Crippen LogP contribution in [0, 0.1) is 6.92 Å². The van der Waals surface area contributed by atoms with E-state index in [0.29, 0.717) is 18.1 Å². The topological polar surface area (TPSA) is 82.8 Å². The minimum Gasteiger partial charge on any atom is -0.478 e. The summed E-state index contributed by atoms with van der Waals surface area (Å²) in [5, 5.41) is 11.9. The van der Waals surface area contributed by atoms with Crippen LogP contribution in [0.1, 0.15) is 28.8 Å². The molecule has 1 unspecified atom stereocenters. The van der Waals surface area contributed by atoms with E-state index in [-0.39, 0.29) is 17.5 Å². The number of aromatic carboxylic acids is 1. The lowest BCUT2D eigenvalue weighted by Gasteiger charge is -2.17. The highest BCUT2D eigenvalue weighted by atomic mass is 16.4. The first kappa shape index (κ1) is 14.2. The van der Waals surface area contributed by atoms with Gasteiger partial charge in [0, 0.05) is 14.1 Å². The quantitative estimate of drug-likeness (QED) is 0.814. The molecule has 0 spiro atoms. The summed E-state index contributed by atoms with van der Waals surface area (Å²) in [6.45, 7) is 3.66. The Balaban J connectivity index is 2.62. The molecule has 0 saturated heterocycles. The Kier molecular flexibility index (Phi) is 4.49. The van der Waals surface area contributed by atoms with Crippen molar-refractivity contribution in [1.82, 2.24) is 10.2 Å². The lowest BCUT2D eigenvalue weighted by atomic mass is 10.2. The molecule has 6 heteroatoms. The summed E-state index contributed by atoms with van der Waals surface area (Å²) in [5.74, 6) is -0.189. The number of carboxylic acids is 1. The number of likely N-dealkylation sites (N-methyl/N-ethyl adjacent to an activating group) is 1. The molecule has 0 aliphatic heterocycles. The zero-order chi connectivity index (χ0) is 13.9. The summed E-state index contributed by atoms with van der Waals surface area (Å²) in [4.78, 5) is 23.9. The van der Waals surface area contributed by atoms with Gasteiger partial charge in [-0.2, -0.15) is 0 Å². The normalized spacial score (nSPS) is 12.2. The molecule has 1 aromatic heterocycles. The van der Waals surface area contributed by atoms with Crippen molar-refractivity contribution in [2.24, 2.45) is 0 Å². The first-order chi connectivity index (χ1) is 8.32. The molecule has 18 heavy (non-hydrogen) atoms. The molecular formula is C12H18N2O4. The third-order valence-corrected chi connectivity index (χ3v) is 2.59. The molecule has 0 bridgehead atoms. The second-order valence-electron chi connectivity index (χ2n) is 4.32. The fraction of sp³-hybridized carbons (Fsp3) is 0.500. The molecule has 0 aliphatic carbocycles. The third-order valence-electron chi connectivity index (χ3n) is 2.59. The molecular weight excluding hydrogens is 236 g/mol. The zero-order valence-corrected chi connectivity index (χ0v) is 11.0. The predicted molar refractivity (Wildman–Crippen MR) is 65.4 cm³/mol. The monoisotopic (exact) mass is 254 g/mol. The van der Waals surface area contributed by atoms with Crippen molar-refractivity contribution in [3.63, 3.8) is 0 Å². The van der Waals surface area contributed by atoms with Crippen LogP contribution in [-0.4, -0.2) is 42.0 Å². The SMILES string of the molecule is Cc1oc(CNC(C)C(=O)N(C)C)cc1C(=O)O. The highest BCUT2D eigenvalue weighted by Crippen LogP contribution is 2.14. The van der Waals surface area contributed by atoms with Crippen molar-refractivity contribution in [2.75, 3.05) is 14.1 Å². The minimum atomic E-state index is -1.01. The van der Waals surface area contributed by atoms with Gasteiger partial charge >= 0.3 is 5.97 Å². The number of furan rings is 1. The molecule has 0 aliphatic rings. The van der Waals surface area contributed by atoms with E-state index in [1.54, 1.807) is 27.9 Å². The summed E-state index contributed by atoms with van der Waals surface area (Å²) in [6.07, 6.45) is 0. The van der Waals surface area contributed by atoms with Crippen molar-refractivity contribution in [2.45, 2.75) is 26.4 Å². The summed E-state index contributed by atoms with van der Waals surface area (Å²) >= 11 is 0. The molecule has 1 heterocycles. The van der Waals surface area contributed by atoms with Crippen LogP contribution in [0.4, 0.5) is 0 Å². The second kappa shape index (κ2) is 5.68. The third kappa shape index (κ3) is 3.33. The van der Waals surface area contributed by atoms with Crippen LogP contribution >= 0.6 is 0 Å². The van der Waals surface area contributed by atoms with Crippen molar-refractivity contribution in [3.8, 4) is 0 Å². The number of carbonyl (C=O) groups is 2. The number of nitrogens with one attached hydrogen (secondary N) is 1. The fourth-order valence-corrected chi connectivity index (χ4v) is 1.57. The highest BCUT2D eigenvalue weighted by Gasteiger charge is 2.17. The summed E-state index contributed by atoms with van der Waals surface area (Å²) in [5.41, 5.74) is 0.151. The van der Waals surface area contributed by atoms with Crippen LogP contribution in [0.15, 0.2) is 10.5 Å². The van der Waals surface area contributed by atoms with Crippen molar-refractivity contribution >= 4 is 11.9 Å². The van der Waals surface area contributed by atoms with E-state index in [0.717, 1.165) is 0 Å². The summed E-state index contributed by atoms with van der Waals surface area (Å²) in [6, 6.07) is 1.12. The second-order valence-corrected chi connectivity index (χ2v) is 4.32. The molecule has 2 N–H and O–H groups in total. The first-order valence-corrected chi connectivity index (χ1v) is 5.60. The molecule has 6 nitrogen and oxygen atoms in total. The number of aryl methyl sites for hydroxylation is 1. The maximum absolute atomic E-state index is 11.6. The highest BCUT2D eigenvalue weighted by molar-refractivity contribution is 5.88. The van der Waals surface area contributed by atoms with Gasteiger partial charge in [-0.3, -0.25) is 10.1 Å². The van der Waals surface area contributed by atoms with Gasteiger partial charge in [0.1, 0.15) is 17.1 Å². The predicted octanol–water partition coefficient (Wildman–Crippen LogP) is 0.853. The van der Waals surface area contributed by atoms with Gasteiger partial charge in [0.15, 0.2) is 0 Å². The number of hydrogen-bond donors (Lipinski definition) is 2. The van der Waals surface area contributed by atoms with Crippen LogP contribution in [0.25, 0.3) is 0 Å². The Bertz CT molecular complexity index is 451. The number of amides is 1. The standard InChI is InChI=1S/C12H18N2O4/c1-7(11(15)14(3)4)13-6-9-5-10(12(16)17)8(2)18-9/h5,7,13H,6H2,1-4H3,(H,16,17). The van der Waals surface area contributed by atoms with Gasteiger partial charge in [-0.25, -0.2) is 4.79 Å². The maximum atomic E-state index is 11.6. The van der Waals surface area contributed by atoms with E-state index in [1.807, 2.05) is 0 Å². The Labute approximate surface area is 106 Å². The van der Waals surface area contributed by atoms with E-state index in [1.165, 1.54) is 11.0 Å². The van der Waals surface area contributed by atoms with Crippen LogP contribution < -0.4 is 5.32 Å². The smallest absolute Gasteiger partial charge is 0.339 e. The van der Waals surface area contributed by atoms with E-state index >= 15 is 0 Å². The van der Waals surface area contributed by atoms with Gasteiger partial charge in [-0.05, 0) is 19.9 Å². The van der Waals surface area contributed by atoms with Gasteiger partial charge in [-0.15, -0.1) is 0 Å². The molecule has 0 aromatic carbocycles. The summed E-state index contributed by atoms with van der Waals surface area (Å²) < 4.78 is 5.30. The molecule has 0 fully saturated rings. The maximum Gasteiger partial charge on any atom is 0.339 e. The molecule has 1 atom stereocenters. The van der Waals surface area contributed by atoms with Gasteiger partial charge in [-0.1, -0.05) is 0 Å². The number of hydrogen-bond acceptors (Lipinski definition) is 4. The number of nitrogens with zero attached hydrogens (tertiary/aromatic N) is 1. The average molecular weight is 254 g/mol. The van der Waals surface area contributed by atoms with Crippen LogP contribution in [-0.2, 0) is 11.3 Å². The lowest BCUT2D eigenvalue weighted by molar-refractivity contribution is -0.130. The van der Waals surface area contributed by atoms with Gasteiger partial charge in [0.05, 0.1) is 12.6 Å². The molecule has 1 amide bonds. The number of carboxylic acid groups (broad SMARTS) is 1. The molecule has 1 aromatic rings. The van der Waals surface area contributed by atoms with Crippen molar-refractivity contribution < 1.29 is 19.1 Å². The van der Waals surface area contributed by atoms with E-state index in [4.69, 9.17) is 9.52 Å². The average Bonchev–Trinajstić information content (AvgIpc) is 2.66. The molecule has 0 radical (unpaired) electrons. The fourth-order valence-electron chi connectivity index (χ4n) is 1.57. The number of carbonyl (C=O) groups excluding carboxylic acids is 1. The van der Waals surface area contributed by atoms with E-state index in [9.17, 15) is 9.59 Å². The zero-order valence-electron chi connectivity index (χ0n) is 11.0. The van der Waals surface area contributed by atoms with Crippen molar-refractivity contribution in [1.29, 1.82) is 0 Å². The Morgan fingerprint density at radius 3 is 2.56 bits per heavy atom. The lowest BCUT2D eigenvalue weighted by Crippen LogP contribution is -2.41.